The Bertz CT molecular complexity index is 430. The Balaban J connectivity index is 2.63. The van der Waals surface area contributed by atoms with E-state index in [-0.39, 0.29) is 23.2 Å². The van der Waals surface area contributed by atoms with Crippen LogP contribution in [0.15, 0.2) is 24.3 Å². The molecular formula is C15H23FN2O. The lowest BCUT2D eigenvalue weighted by Crippen LogP contribution is -2.49. The van der Waals surface area contributed by atoms with Gasteiger partial charge in [0, 0.05) is 12.1 Å². The van der Waals surface area contributed by atoms with Crippen molar-refractivity contribution in [3.63, 3.8) is 0 Å². The first-order valence-corrected chi connectivity index (χ1v) is 6.74. The topological polar surface area (TPSA) is 55.1 Å². The Labute approximate surface area is 114 Å². The van der Waals surface area contributed by atoms with Crippen LogP contribution in [-0.4, -0.2) is 18.0 Å². The standard InChI is InChI=1S/C15H23FN2O/c1-4-15(17,5-2)10-18-14(19)11(3)12-7-6-8-13(16)9-12/h6-9,11H,4-5,10,17H2,1-3H3,(H,18,19). The monoisotopic (exact) mass is 266 g/mol. The van der Waals surface area contributed by atoms with Crippen molar-refractivity contribution in [3.8, 4) is 0 Å². The molecule has 0 aliphatic heterocycles. The summed E-state index contributed by atoms with van der Waals surface area (Å²) in [4.78, 5) is 12.0. The van der Waals surface area contributed by atoms with E-state index in [0.717, 1.165) is 12.8 Å². The van der Waals surface area contributed by atoms with Crippen molar-refractivity contribution >= 4 is 5.91 Å². The predicted molar refractivity (Wildman–Crippen MR) is 75.3 cm³/mol. The Morgan fingerprint density at radius 3 is 2.58 bits per heavy atom. The summed E-state index contributed by atoms with van der Waals surface area (Å²) >= 11 is 0. The number of hydrogen-bond acceptors (Lipinski definition) is 2. The molecule has 0 saturated carbocycles. The molecule has 106 valence electrons. The van der Waals surface area contributed by atoms with E-state index in [1.54, 1.807) is 19.1 Å². The number of carbonyl (C=O) groups is 1. The molecule has 0 saturated heterocycles. The van der Waals surface area contributed by atoms with Crippen LogP contribution in [0.25, 0.3) is 0 Å². The number of benzene rings is 1. The molecule has 1 amide bonds. The second-order valence-electron chi connectivity index (χ2n) is 5.06. The molecule has 0 spiro atoms. The summed E-state index contributed by atoms with van der Waals surface area (Å²) < 4.78 is 13.1. The molecule has 19 heavy (non-hydrogen) atoms. The van der Waals surface area contributed by atoms with Gasteiger partial charge in [0.1, 0.15) is 5.82 Å². The Hall–Kier alpha value is -1.42. The van der Waals surface area contributed by atoms with Crippen molar-refractivity contribution in [2.45, 2.75) is 45.1 Å². The quantitative estimate of drug-likeness (QED) is 0.831. The summed E-state index contributed by atoms with van der Waals surface area (Å²) in [7, 11) is 0. The van der Waals surface area contributed by atoms with Gasteiger partial charge in [-0.1, -0.05) is 26.0 Å². The first kappa shape index (κ1) is 15.6. The summed E-state index contributed by atoms with van der Waals surface area (Å²) in [6, 6.07) is 6.12. The highest BCUT2D eigenvalue weighted by Crippen LogP contribution is 2.17. The van der Waals surface area contributed by atoms with E-state index in [9.17, 15) is 9.18 Å². The third-order valence-corrected chi connectivity index (χ3v) is 3.76. The van der Waals surface area contributed by atoms with E-state index in [2.05, 4.69) is 5.32 Å². The minimum Gasteiger partial charge on any atom is -0.354 e. The maximum Gasteiger partial charge on any atom is 0.227 e. The van der Waals surface area contributed by atoms with Gasteiger partial charge in [0.05, 0.1) is 5.92 Å². The number of nitrogens with two attached hydrogens (primary N) is 1. The fourth-order valence-electron chi connectivity index (χ4n) is 1.84. The van der Waals surface area contributed by atoms with Gasteiger partial charge in [-0.2, -0.15) is 0 Å². The third-order valence-electron chi connectivity index (χ3n) is 3.76. The van der Waals surface area contributed by atoms with Crippen LogP contribution in [0.4, 0.5) is 4.39 Å². The maximum absolute atomic E-state index is 13.1. The minimum atomic E-state index is -0.381. The average Bonchev–Trinajstić information content (AvgIpc) is 2.43. The molecule has 0 bridgehead atoms. The van der Waals surface area contributed by atoms with Crippen molar-refractivity contribution in [1.82, 2.24) is 5.32 Å². The highest BCUT2D eigenvalue weighted by Gasteiger charge is 2.23. The van der Waals surface area contributed by atoms with E-state index in [4.69, 9.17) is 5.73 Å². The first-order chi connectivity index (χ1) is 8.91. The average molecular weight is 266 g/mol. The lowest BCUT2D eigenvalue weighted by atomic mass is 9.93. The zero-order valence-corrected chi connectivity index (χ0v) is 11.9. The lowest BCUT2D eigenvalue weighted by molar-refractivity contribution is -0.122. The van der Waals surface area contributed by atoms with E-state index < -0.39 is 0 Å². The molecule has 0 aliphatic rings. The van der Waals surface area contributed by atoms with Gasteiger partial charge in [-0.25, -0.2) is 4.39 Å². The van der Waals surface area contributed by atoms with Gasteiger partial charge in [0.2, 0.25) is 5.91 Å². The highest BCUT2D eigenvalue weighted by atomic mass is 19.1. The SMILES string of the molecule is CCC(N)(CC)CNC(=O)C(C)c1cccc(F)c1. The van der Waals surface area contributed by atoms with Crippen LogP contribution < -0.4 is 11.1 Å². The van der Waals surface area contributed by atoms with Crippen molar-refractivity contribution in [1.29, 1.82) is 0 Å². The molecule has 1 unspecified atom stereocenters. The predicted octanol–water partition coefficient (Wildman–Crippen LogP) is 2.56. The van der Waals surface area contributed by atoms with Gasteiger partial charge in [0.15, 0.2) is 0 Å². The Morgan fingerprint density at radius 2 is 2.05 bits per heavy atom. The number of halogens is 1. The largest absolute Gasteiger partial charge is 0.354 e. The summed E-state index contributed by atoms with van der Waals surface area (Å²) in [5, 5.41) is 2.86. The number of carbonyl (C=O) groups excluding carboxylic acids is 1. The second kappa shape index (κ2) is 6.66. The Morgan fingerprint density at radius 1 is 1.42 bits per heavy atom. The zero-order valence-electron chi connectivity index (χ0n) is 11.9. The molecule has 1 aromatic carbocycles. The van der Waals surface area contributed by atoms with E-state index in [0.29, 0.717) is 12.1 Å². The molecular weight excluding hydrogens is 243 g/mol. The first-order valence-electron chi connectivity index (χ1n) is 6.74. The molecule has 4 heteroatoms. The van der Waals surface area contributed by atoms with Crippen LogP contribution in [0.2, 0.25) is 0 Å². The van der Waals surface area contributed by atoms with Gasteiger partial charge < -0.3 is 11.1 Å². The molecule has 0 radical (unpaired) electrons. The van der Waals surface area contributed by atoms with Crippen molar-refractivity contribution < 1.29 is 9.18 Å². The van der Waals surface area contributed by atoms with Crippen LogP contribution in [-0.2, 0) is 4.79 Å². The summed E-state index contributed by atoms with van der Waals surface area (Å²) in [5.74, 6) is -0.830. The summed E-state index contributed by atoms with van der Waals surface area (Å²) in [6.45, 7) is 6.22. The van der Waals surface area contributed by atoms with E-state index in [1.807, 2.05) is 13.8 Å². The number of hydrogen-bond donors (Lipinski definition) is 2. The normalized spacial score (nSPS) is 13.1. The lowest BCUT2D eigenvalue weighted by Gasteiger charge is -2.27. The second-order valence-corrected chi connectivity index (χ2v) is 5.06. The molecule has 0 heterocycles. The molecule has 0 aliphatic carbocycles. The zero-order chi connectivity index (χ0) is 14.5. The fraction of sp³-hybridized carbons (Fsp3) is 0.533. The minimum absolute atomic E-state index is 0.123. The number of nitrogens with one attached hydrogen (secondary N) is 1. The molecule has 3 N–H and O–H groups in total. The summed E-state index contributed by atoms with van der Waals surface area (Å²) in [6.07, 6.45) is 1.61. The van der Waals surface area contributed by atoms with Crippen molar-refractivity contribution in [2.75, 3.05) is 6.54 Å². The van der Waals surface area contributed by atoms with Crippen LogP contribution in [0.1, 0.15) is 45.1 Å². The van der Waals surface area contributed by atoms with Crippen molar-refractivity contribution in [2.24, 2.45) is 5.73 Å². The van der Waals surface area contributed by atoms with Gasteiger partial charge in [-0.15, -0.1) is 0 Å². The molecule has 1 atom stereocenters. The number of rotatable bonds is 6. The smallest absolute Gasteiger partial charge is 0.227 e. The molecule has 1 aromatic rings. The Kier molecular flexibility index (Phi) is 5.48. The van der Waals surface area contributed by atoms with E-state index in [1.165, 1.54) is 12.1 Å². The summed E-state index contributed by atoms with van der Waals surface area (Å²) in [5.41, 5.74) is 6.44. The number of amides is 1. The van der Waals surface area contributed by atoms with Crippen LogP contribution in [0, 0.1) is 5.82 Å². The van der Waals surface area contributed by atoms with Crippen LogP contribution in [0.3, 0.4) is 0 Å². The molecule has 0 fully saturated rings. The van der Waals surface area contributed by atoms with Crippen LogP contribution in [0.5, 0.6) is 0 Å². The van der Waals surface area contributed by atoms with E-state index >= 15 is 0 Å². The van der Waals surface area contributed by atoms with Gasteiger partial charge in [-0.05, 0) is 37.5 Å². The molecule has 1 rings (SSSR count). The van der Waals surface area contributed by atoms with Gasteiger partial charge in [-0.3, -0.25) is 4.79 Å². The fourth-order valence-corrected chi connectivity index (χ4v) is 1.84. The maximum atomic E-state index is 13.1. The van der Waals surface area contributed by atoms with Gasteiger partial charge in [0.25, 0.3) is 0 Å². The van der Waals surface area contributed by atoms with Crippen LogP contribution >= 0.6 is 0 Å². The third kappa shape index (κ3) is 4.31. The highest BCUT2D eigenvalue weighted by molar-refractivity contribution is 5.83. The van der Waals surface area contributed by atoms with Gasteiger partial charge >= 0.3 is 0 Å². The van der Waals surface area contributed by atoms with Crippen molar-refractivity contribution in [3.05, 3.63) is 35.6 Å². The molecule has 0 aromatic heterocycles. The molecule has 3 nitrogen and oxygen atoms in total.